The molecule has 8 heteroatoms. The number of benzene rings is 2. The quantitative estimate of drug-likeness (QED) is 0.492. The van der Waals surface area contributed by atoms with Crippen molar-refractivity contribution in [3.05, 3.63) is 72.2 Å². The molecule has 0 saturated carbocycles. The van der Waals surface area contributed by atoms with E-state index in [1.807, 2.05) is 0 Å². The fourth-order valence-electron chi connectivity index (χ4n) is 2.91. The van der Waals surface area contributed by atoms with Crippen molar-refractivity contribution in [1.82, 2.24) is 15.0 Å². The number of fused-ring (bicyclic) bond motifs is 1. The van der Waals surface area contributed by atoms with Gasteiger partial charge in [0.1, 0.15) is 17.2 Å². The number of aromatic nitrogens is 3. The Morgan fingerprint density at radius 1 is 1.00 bits per heavy atom. The number of amides is 2. The molecule has 29 heavy (non-hydrogen) atoms. The second kappa shape index (κ2) is 7.51. The van der Waals surface area contributed by atoms with Gasteiger partial charge in [-0.3, -0.25) is 9.59 Å². The Kier molecular flexibility index (Phi) is 4.74. The lowest BCUT2D eigenvalue weighted by Gasteiger charge is -2.08. The maximum Gasteiger partial charge on any atom is 0.258 e. The van der Waals surface area contributed by atoms with Crippen LogP contribution in [0.15, 0.2) is 60.8 Å². The van der Waals surface area contributed by atoms with Crippen LogP contribution in [0, 0.1) is 5.82 Å². The maximum absolute atomic E-state index is 13.2. The van der Waals surface area contributed by atoms with Crippen molar-refractivity contribution < 1.29 is 14.0 Å². The first-order valence-electron chi connectivity index (χ1n) is 8.79. The van der Waals surface area contributed by atoms with Crippen LogP contribution in [-0.2, 0) is 4.79 Å². The SMILES string of the molecule is CC(=O)Nc1cccc(NC(=O)c2ccnc3[nH]c(-c4ccc(F)cc4)nc23)c1. The number of carbonyl (C=O) groups excluding carboxylic acids is 2. The van der Waals surface area contributed by atoms with Gasteiger partial charge in [0.15, 0.2) is 5.65 Å². The molecule has 0 aliphatic carbocycles. The Labute approximate surface area is 165 Å². The van der Waals surface area contributed by atoms with E-state index in [-0.39, 0.29) is 17.6 Å². The van der Waals surface area contributed by atoms with Gasteiger partial charge in [-0.05, 0) is 48.5 Å². The highest BCUT2D eigenvalue weighted by atomic mass is 19.1. The molecule has 144 valence electrons. The van der Waals surface area contributed by atoms with Gasteiger partial charge in [0, 0.05) is 30.1 Å². The van der Waals surface area contributed by atoms with Crippen molar-refractivity contribution in [3.8, 4) is 11.4 Å². The summed E-state index contributed by atoms with van der Waals surface area (Å²) in [7, 11) is 0. The highest BCUT2D eigenvalue weighted by Gasteiger charge is 2.16. The molecule has 3 N–H and O–H groups in total. The van der Waals surface area contributed by atoms with E-state index in [9.17, 15) is 14.0 Å². The number of pyridine rings is 1. The van der Waals surface area contributed by atoms with Crippen molar-refractivity contribution in [1.29, 1.82) is 0 Å². The fraction of sp³-hybridized carbons (Fsp3) is 0.0476. The van der Waals surface area contributed by atoms with Gasteiger partial charge >= 0.3 is 0 Å². The molecule has 0 saturated heterocycles. The molecule has 0 spiro atoms. The van der Waals surface area contributed by atoms with E-state index >= 15 is 0 Å². The lowest BCUT2D eigenvalue weighted by molar-refractivity contribution is -0.114. The first-order valence-corrected chi connectivity index (χ1v) is 8.79. The van der Waals surface area contributed by atoms with Crippen LogP contribution in [0.4, 0.5) is 15.8 Å². The third kappa shape index (κ3) is 3.96. The molecule has 0 bridgehead atoms. The Balaban J connectivity index is 1.64. The fourth-order valence-corrected chi connectivity index (χ4v) is 2.91. The largest absolute Gasteiger partial charge is 0.326 e. The van der Waals surface area contributed by atoms with Crippen LogP contribution in [0.3, 0.4) is 0 Å². The number of halogens is 1. The van der Waals surface area contributed by atoms with Gasteiger partial charge in [0.05, 0.1) is 5.56 Å². The zero-order valence-corrected chi connectivity index (χ0v) is 15.4. The molecular formula is C21H16FN5O2. The summed E-state index contributed by atoms with van der Waals surface area (Å²) >= 11 is 0. The number of rotatable bonds is 4. The van der Waals surface area contributed by atoms with Crippen LogP contribution in [-0.4, -0.2) is 26.8 Å². The molecule has 0 atom stereocenters. The monoisotopic (exact) mass is 389 g/mol. The first kappa shape index (κ1) is 18.3. The normalized spacial score (nSPS) is 10.7. The average molecular weight is 389 g/mol. The minimum absolute atomic E-state index is 0.200. The molecule has 4 rings (SSSR count). The van der Waals surface area contributed by atoms with Gasteiger partial charge in [-0.25, -0.2) is 14.4 Å². The highest BCUT2D eigenvalue weighted by molar-refractivity contribution is 6.11. The summed E-state index contributed by atoms with van der Waals surface area (Å²) in [5.41, 5.74) is 2.98. The molecule has 0 radical (unpaired) electrons. The van der Waals surface area contributed by atoms with E-state index in [4.69, 9.17) is 0 Å². The van der Waals surface area contributed by atoms with Crippen LogP contribution < -0.4 is 10.6 Å². The molecule has 7 nitrogen and oxygen atoms in total. The molecule has 0 aliphatic rings. The number of imidazole rings is 1. The van der Waals surface area contributed by atoms with Gasteiger partial charge in [0.25, 0.3) is 5.91 Å². The summed E-state index contributed by atoms with van der Waals surface area (Å²) in [4.78, 5) is 35.8. The number of anilines is 2. The molecule has 2 aromatic heterocycles. The van der Waals surface area contributed by atoms with Crippen molar-refractivity contribution in [2.24, 2.45) is 0 Å². The highest BCUT2D eigenvalue weighted by Crippen LogP contribution is 2.23. The number of carbonyl (C=O) groups is 2. The maximum atomic E-state index is 13.2. The molecule has 2 aromatic carbocycles. The predicted octanol–water partition coefficient (Wildman–Crippen LogP) is 3.97. The summed E-state index contributed by atoms with van der Waals surface area (Å²) in [5.74, 6) is -0.423. The van der Waals surface area contributed by atoms with Crippen LogP contribution in [0.25, 0.3) is 22.6 Å². The minimum Gasteiger partial charge on any atom is -0.326 e. The van der Waals surface area contributed by atoms with Gasteiger partial charge in [0.2, 0.25) is 5.91 Å². The summed E-state index contributed by atoms with van der Waals surface area (Å²) < 4.78 is 13.2. The Morgan fingerprint density at radius 3 is 2.45 bits per heavy atom. The van der Waals surface area contributed by atoms with Crippen molar-refractivity contribution in [3.63, 3.8) is 0 Å². The number of aromatic amines is 1. The number of H-pyrrole nitrogens is 1. The molecule has 2 amide bonds. The second-order valence-corrected chi connectivity index (χ2v) is 6.36. The third-order valence-corrected chi connectivity index (χ3v) is 4.19. The van der Waals surface area contributed by atoms with E-state index in [0.29, 0.717) is 39.5 Å². The number of nitrogens with one attached hydrogen (secondary N) is 3. The second-order valence-electron chi connectivity index (χ2n) is 6.36. The summed E-state index contributed by atoms with van der Waals surface area (Å²) in [6.07, 6.45) is 1.51. The van der Waals surface area contributed by atoms with E-state index in [1.54, 1.807) is 42.5 Å². The molecule has 0 unspecified atom stereocenters. The smallest absolute Gasteiger partial charge is 0.258 e. The Hall–Kier alpha value is -4.07. The third-order valence-electron chi connectivity index (χ3n) is 4.19. The van der Waals surface area contributed by atoms with Crippen LogP contribution in [0.2, 0.25) is 0 Å². The zero-order chi connectivity index (χ0) is 20.4. The van der Waals surface area contributed by atoms with Gasteiger partial charge in [-0.2, -0.15) is 0 Å². The van der Waals surface area contributed by atoms with E-state index < -0.39 is 0 Å². The summed E-state index contributed by atoms with van der Waals surface area (Å²) in [6.45, 7) is 1.41. The number of hydrogen-bond donors (Lipinski definition) is 3. The standard InChI is InChI=1S/C21H16FN5O2/c1-12(28)24-15-3-2-4-16(11-15)25-21(29)17-9-10-23-20-18(17)26-19(27-20)13-5-7-14(22)8-6-13/h2-11H,1H3,(H,24,28)(H,25,29)(H,23,26,27). The topological polar surface area (TPSA) is 99.8 Å². The molecule has 4 aromatic rings. The summed E-state index contributed by atoms with van der Waals surface area (Å²) in [5, 5.41) is 5.47. The van der Waals surface area contributed by atoms with Gasteiger partial charge in [-0.15, -0.1) is 0 Å². The number of nitrogens with zero attached hydrogens (tertiary/aromatic N) is 2. The number of hydrogen-bond acceptors (Lipinski definition) is 4. The summed E-state index contributed by atoms with van der Waals surface area (Å²) in [6, 6.07) is 14.3. The van der Waals surface area contributed by atoms with E-state index in [2.05, 4.69) is 25.6 Å². The zero-order valence-electron chi connectivity index (χ0n) is 15.4. The van der Waals surface area contributed by atoms with Crippen LogP contribution in [0.1, 0.15) is 17.3 Å². The lowest BCUT2D eigenvalue weighted by Crippen LogP contribution is -2.13. The lowest BCUT2D eigenvalue weighted by atomic mass is 10.2. The van der Waals surface area contributed by atoms with E-state index in [0.717, 1.165) is 0 Å². The average Bonchev–Trinajstić information content (AvgIpc) is 3.12. The molecule has 0 aliphatic heterocycles. The van der Waals surface area contributed by atoms with Crippen molar-refractivity contribution >= 4 is 34.4 Å². The molecule has 0 fully saturated rings. The van der Waals surface area contributed by atoms with Crippen LogP contribution in [0.5, 0.6) is 0 Å². The van der Waals surface area contributed by atoms with Crippen molar-refractivity contribution in [2.75, 3.05) is 10.6 Å². The van der Waals surface area contributed by atoms with Gasteiger partial charge in [-0.1, -0.05) is 6.07 Å². The molecule has 2 heterocycles. The minimum atomic E-state index is -0.366. The van der Waals surface area contributed by atoms with Crippen LogP contribution >= 0.6 is 0 Å². The first-order chi connectivity index (χ1) is 14.0. The van der Waals surface area contributed by atoms with Crippen molar-refractivity contribution in [2.45, 2.75) is 6.92 Å². The van der Waals surface area contributed by atoms with Gasteiger partial charge < -0.3 is 15.6 Å². The predicted molar refractivity (Wildman–Crippen MR) is 108 cm³/mol. The van der Waals surface area contributed by atoms with E-state index in [1.165, 1.54) is 25.3 Å². The Morgan fingerprint density at radius 2 is 1.72 bits per heavy atom. The Bertz CT molecular complexity index is 1220. The molecular weight excluding hydrogens is 373 g/mol.